The summed E-state index contributed by atoms with van der Waals surface area (Å²) in [5.74, 6) is -1.02. The van der Waals surface area contributed by atoms with E-state index in [-0.39, 0.29) is 37.5 Å². The molecule has 0 aliphatic rings. The number of carbonyl (C=O) groups is 3. The monoisotopic (exact) mass is 889 g/mol. The molecule has 0 saturated carbocycles. The summed E-state index contributed by atoms with van der Waals surface area (Å²) >= 11 is 0. The second-order valence-corrected chi connectivity index (χ2v) is 17.0. The quantitative estimate of drug-likeness (QED) is 0.0262. The molecular formula is C58H96O6. The minimum atomic E-state index is -0.818. The molecule has 0 aliphatic heterocycles. The Morgan fingerprint density at radius 3 is 1.08 bits per heavy atom. The van der Waals surface area contributed by atoms with Crippen molar-refractivity contribution in [1.82, 2.24) is 0 Å². The Morgan fingerprint density at radius 2 is 0.625 bits per heavy atom. The van der Waals surface area contributed by atoms with E-state index in [0.29, 0.717) is 19.3 Å². The summed E-state index contributed by atoms with van der Waals surface area (Å²) in [5, 5.41) is 0. The Kier molecular flexibility index (Phi) is 49.0. The van der Waals surface area contributed by atoms with E-state index in [1.807, 2.05) is 0 Å². The van der Waals surface area contributed by atoms with E-state index in [4.69, 9.17) is 14.2 Å². The van der Waals surface area contributed by atoms with Crippen molar-refractivity contribution in [1.29, 1.82) is 0 Å². The first-order valence-corrected chi connectivity index (χ1v) is 26.2. The van der Waals surface area contributed by atoms with Gasteiger partial charge in [-0.3, -0.25) is 14.4 Å². The number of unbranched alkanes of at least 4 members (excludes halogenated alkanes) is 19. The normalized spacial score (nSPS) is 12.9. The first-order chi connectivity index (χ1) is 31.5. The number of allylic oxidation sites excluding steroid dienone is 16. The molecule has 64 heavy (non-hydrogen) atoms. The van der Waals surface area contributed by atoms with Crippen LogP contribution >= 0.6 is 0 Å². The van der Waals surface area contributed by atoms with Crippen LogP contribution in [0.4, 0.5) is 0 Å². The average molecular weight is 889 g/mol. The van der Waals surface area contributed by atoms with Gasteiger partial charge in [-0.15, -0.1) is 0 Å². The van der Waals surface area contributed by atoms with Gasteiger partial charge in [-0.2, -0.15) is 0 Å². The average Bonchev–Trinajstić information content (AvgIpc) is 3.29. The summed E-state index contributed by atoms with van der Waals surface area (Å²) in [6.07, 6.45) is 68.3. The maximum Gasteiger partial charge on any atom is 0.306 e. The van der Waals surface area contributed by atoms with Crippen molar-refractivity contribution < 1.29 is 28.6 Å². The van der Waals surface area contributed by atoms with Crippen molar-refractivity contribution in [3.63, 3.8) is 0 Å². The fraction of sp³-hybridized carbons (Fsp3) is 0.672. The van der Waals surface area contributed by atoms with Gasteiger partial charge in [0, 0.05) is 19.3 Å². The predicted molar refractivity (Wildman–Crippen MR) is 274 cm³/mol. The van der Waals surface area contributed by atoms with Crippen molar-refractivity contribution in [3.05, 3.63) is 97.2 Å². The van der Waals surface area contributed by atoms with Crippen molar-refractivity contribution >= 4 is 17.9 Å². The largest absolute Gasteiger partial charge is 0.462 e. The van der Waals surface area contributed by atoms with Crippen LogP contribution in [0.25, 0.3) is 0 Å². The lowest BCUT2D eigenvalue weighted by Gasteiger charge is -2.18. The van der Waals surface area contributed by atoms with E-state index in [2.05, 4.69) is 118 Å². The van der Waals surface area contributed by atoms with Crippen LogP contribution in [0.5, 0.6) is 0 Å². The Morgan fingerprint density at radius 1 is 0.328 bits per heavy atom. The minimum absolute atomic E-state index is 0.117. The molecule has 6 heteroatoms. The third kappa shape index (κ3) is 49.3. The third-order valence-corrected chi connectivity index (χ3v) is 10.8. The van der Waals surface area contributed by atoms with Crippen LogP contribution in [0.15, 0.2) is 97.2 Å². The molecule has 6 nitrogen and oxygen atoms in total. The topological polar surface area (TPSA) is 78.9 Å². The van der Waals surface area contributed by atoms with Gasteiger partial charge in [-0.25, -0.2) is 0 Å². The molecule has 0 amide bonds. The van der Waals surface area contributed by atoms with E-state index in [9.17, 15) is 14.4 Å². The molecule has 0 spiro atoms. The van der Waals surface area contributed by atoms with Gasteiger partial charge < -0.3 is 14.2 Å². The van der Waals surface area contributed by atoms with E-state index in [1.165, 1.54) is 96.3 Å². The molecular weight excluding hydrogens is 793 g/mol. The third-order valence-electron chi connectivity index (χ3n) is 10.8. The predicted octanol–water partition coefficient (Wildman–Crippen LogP) is 17.4. The standard InChI is InChI=1S/C58H96O6/c1-4-7-10-13-16-19-22-25-27-29-31-33-36-39-42-45-48-51-57(60)63-54-55(53-62-56(59)50-47-44-41-38-35-24-21-18-15-12-9-6-3)64-58(61)52-49-46-43-40-37-34-32-30-28-26-23-20-17-14-11-8-5-2/h9,12,17-18,20-21,25-28,31,33,35,38-39,42,55H,4-8,10-11,13-16,19,22-24,29-30,32,34,36-37,40-41,43-54H2,1-3H3/b12-9-,20-17-,21-18-,27-25-,28-26-,33-31-,38-35-,42-39-. The highest BCUT2D eigenvalue weighted by atomic mass is 16.6. The fourth-order valence-electron chi connectivity index (χ4n) is 6.85. The molecule has 0 bridgehead atoms. The van der Waals surface area contributed by atoms with Gasteiger partial charge in [0.05, 0.1) is 0 Å². The van der Waals surface area contributed by atoms with E-state index < -0.39 is 6.10 Å². The molecule has 364 valence electrons. The van der Waals surface area contributed by atoms with Gasteiger partial charge >= 0.3 is 17.9 Å². The lowest BCUT2D eigenvalue weighted by Crippen LogP contribution is -2.30. The number of carbonyl (C=O) groups excluding carboxylic acids is 3. The highest BCUT2D eigenvalue weighted by molar-refractivity contribution is 5.71. The Hall–Kier alpha value is -3.67. The smallest absolute Gasteiger partial charge is 0.306 e. The van der Waals surface area contributed by atoms with Gasteiger partial charge in [-0.05, 0) is 116 Å². The van der Waals surface area contributed by atoms with E-state index in [0.717, 1.165) is 89.9 Å². The Balaban J connectivity index is 4.51. The highest BCUT2D eigenvalue weighted by Crippen LogP contribution is 2.13. The summed E-state index contributed by atoms with van der Waals surface area (Å²) in [5.41, 5.74) is 0. The zero-order valence-corrected chi connectivity index (χ0v) is 41.5. The molecule has 0 aromatic carbocycles. The van der Waals surface area contributed by atoms with Gasteiger partial charge in [0.1, 0.15) is 13.2 Å². The molecule has 0 aromatic heterocycles. The molecule has 0 heterocycles. The first kappa shape index (κ1) is 60.3. The Labute approximate surface area is 394 Å². The lowest BCUT2D eigenvalue weighted by molar-refractivity contribution is -0.167. The summed E-state index contributed by atoms with van der Waals surface area (Å²) in [4.78, 5) is 38.0. The molecule has 1 atom stereocenters. The van der Waals surface area contributed by atoms with Gasteiger partial charge in [-0.1, -0.05) is 195 Å². The number of esters is 3. The molecule has 0 aliphatic carbocycles. The molecule has 0 saturated heterocycles. The van der Waals surface area contributed by atoms with E-state index >= 15 is 0 Å². The second kappa shape index (κ2) is 52.0. The van der Waals surface area contributed by atoms with Crippen LogP contribution in [0.3, 0.4) is 0 Å². The van der Waals surface area contributed by atoms with Gasteiger partial charge in [0.25, 0.3) is 0 Å². The molecule has 0 aromatic rings. The van der Waals surface area contributed by atoms with Crippen LogP contribution in [0, 0.1) is 0 Å². The van der Waals surface area contributed by atoms with Crippen LogP contribution in [0.2, 0.25) is 0 Å². The molecule has 0 N–H and O–H groups in total. The molecule has 0 rings (SSSR count). The second-order valence-electron chi connectivity index (χ2n) is 17.0. The summed E-state index contributed by atoms with van der Waals surface area (Å²) < 4.78 is 16.7. The van der Waals surface area contributed by atoms with Gasteiger partial charge in [0.15, 0.2) is 6.10 Å². The van der Waals surface area contributed by atoms with Gasteiger partial charge in [0.2, 0.25) is 0 Å². The molecule has 0 fully saturated rings. The van der Waals surface area contributed by atoms with Crippen molar-refractivity contribution in [3.8, 4) is 0 Å². The summed E-state index contributed by atoms with van der Waals surface area (Å²) in [7, 11) is 0. The summed E-state index contributed by atoms with van der Waals surface area (Å²) in [6, 6.07) is 0. The number of hydrogen-bond acceptors (Lipinski definition) is 6. The number of rotatable bonds is 46. The highest BCUT2D eigenvalue weighted by Gasteiger charge is 2.19. The zero-order chi connectivity index (χ0) is 46.5. The van der Waals surface area contributed by atoms with Crippen LogP contribution < -0.4 is 0 Å². The lowest BCUT2D eigenvalue weighted by atomic mass is 10.1. The molecule has 0 radical (unpaired) electrons. The number of hydrogen-bond donors (Lipinski definition) is 0. The van der Waals surface area contributed by atoms with Crippen LogP contribution in [-0.4, -0.2) is 37.2 Å². The number of ether oxygens (including phenoxy) is 3. The maximum absolute atomic E-state index is 12.8. The van der Waals surface area contributed by atoms with Crippen molar-refractivity contribution in [2.24, 2.45) is 0 Å². The first-order valence-electron chi connectivity index (χ1n) is 26.2. The van der Waals surface area contributed by atoms with E-state index in [1.54, 1.807) is 0 Å². The van der Waals surface area contributed by atoms with Crippen LogP contribution in [-0.2, 0) is 28.6 Å². The van der Waals surface area contributed by atoms with Crippen LogP contribution in [0.1, 0.15) is 233 Å². The maximum atomic E-state index is 12.8. The SMILES string of the molecule is CC/C=C\C/C=C\C/C=C\CCCCC(=O)OCC(COC(=O)CCC/C=C\C/C=C\C/C=C\CCCCCCCC)OC(=O)CCCCCCCCC/C=C\C/C=C\CCCCC. The van der Waals surface area contributed by atoms with Crippen molar-refractivity contribution in [2.45, 2.75) is 239 Å². The minimum Gasteiger partial charge on any atom is -0.462 e. The fourth-order valence-corrected chi connectivity index (χ4v) is 6.85. The molecule has 1 unspecified atom stereocenters. The zero-order valence-electron chi connectivity index (χ0n) is 41.5. The Bertz CT molecular complexity index is 1300. The van der Waals surface area contributed by atoms with Crippen molar-refractivity contribution in [2.75, 3.05) is 13.2 Å². The summed E-state index contributed by atoms with van der Waals surface area (Å²) in [6.45, 7) is 6.40.